The van der Waals surface area contributed by atoms with Crippen LogP contribution >= 0.6 is 11.3 Å². The number of aryl methyl sites for hydroxylation is 1. The quantitative estimate of drug-likeness (QED) is 0.538. The van der Waals surface area contributed by atoms with E-state index >= 15 is 0 Å². The highest BCUT2D eigenvalue weighted by atomic mass is 32.1. The van der Waals surface area contributed by atoms with Crippen LogP contribution in [0.3, 0.4) is 0 Å². The Labute approximate surface area is 171 Å². The van der Waals surface area contributed by atoms with Crippen LogP contribution in [0.4, 0.5) is 5.69 Å². The maximum absolute atomic E-state index is 12.1. The zero-order chi connectivity index (χ0) is 20.8. The minimum atomic E-state index is -0.677. The van der Waals surface area contributed by atoms with Crippen molar-refractivity contribution in [1.82, 2.24) is 15.8 Å². The van der Waals surface area contributed by atoms with Crippen molar-refractivity contribution in [3.05, 3.63) is 45.9 Å². The number of benzene rings is 1. The van der Waals surface area contributed by atoms with Gasteiger partial charge in [-0.2, -0.15) is 0 Å². The first-order chi connectivity index (χ1) is 13.9. The molecule has 2 heterocycles. The Bertz CT molecular complexity index is 925. The molecule has 0 bridgehead atoms. The van der Waals surface area contributed by atoms with E-state index in [-0.39, 0.29) is 17.9 Å². The molecule has 0 unspecified atom stereocenters. The van der Waals surface area contributed by atoms with E-state index in [1.807, 2.05) is 12.3 Å². The molecule has 3 amide bonds. The number of amides is 3. The summed E-state index contributed by atoms with van der Waals surface area (Å²) in [7, 11) is 0. The number of hydrazine groups is 1. The normalized spacial score (nSPS) is 13.3. The van der Waals surface area contributed by atoms with Gasteiger partial charge in [-0.15, -0.1) is 11.3 Å². The first-order valence-corrected chi connectivity index (χ1v) is 9.86. The summed E-state index contributed by atoms with van der Waals surface area (Å²) in [6, 6.07) is 6.42. The summed E-state index contributed by atoms with van der Waals surface area (Å²) in [6.07, 6.45) is 1.39. The molecule has 9 nitrogen and oxygen atoms in total. The summed E-state index contributed by atoms with van der Waals surface area (Å²) >= 11 is 1.36. The van der Waals surface area contributed by atoms with Crippen LogP contribution < -0.4 is 15.8 Å². The van der Waals surface area contributed by atoms with Gasteiger partial charge in [0.1, 0.15) is 5.01 Å². The number of esters is 1. The largest absolute Gasteiger partial charge is 0.452 e. The number of rotatable bonds is 6. The zero-order valence-corrected chi connectivity index (χ0v) is 16.6. The summed E-state index contributed by atoms with van der Waals surface area (Å²) in [6.45, 7) is 1.95. The minimum Gasteiger partial charge on any atom is -0.452 e. The third kappa shape index (κ3) is 5.61. The van der Waals surface area contributed by atoms with Gasteiger partial charge < -0.3 is 9.64 Å². The van der Waals surface area contributed by atoms with Gasteiger partial charge in [0.05, 0.1) is 12.0 Å². The fraction of sp³-hybridized carbons (Fsp3) is 0.316. The van der Waals surface area contributed by atoms with E-state index in [1.165, 1.54) is 11.3 Å². The lowest BCUT2D eigenvalue weighted by Crippen LogP contribution is -2.44. The Morgan fingerprint density at radius 2 is 1.90 bits per heavy atom. The second kappa shape index (κ2) is 9.28. The number of thiazole rings is 1. The molecule has 10 heteroatoms. The first-order valence-electron chi connectivity index (χ1n) is 8.98. The van der Waals surface area contributed by atoms with Gasteiger partial charge in [-0.3, -0.25) is 25.2 Å². The maximum atomic E-state index is 12.1. The van der Waals surface area contributed by atoms with Crippen molar-refractivity contribution in [3.63, 3.8) is 0 Å². The lowest BCUT2D eigenvalue weighted by atomic mass is 10.2. The topological polar surface area (TPSA) is 118 Å². The predicted octanol–water partition coefficient (Wildman–Crippen LogP) is 1.13. The Morgan fingerprint density at radius 1 is 1.17 bits per heavy atom. The van der Waals surface area contributed by atoms with E-state index in [0.717, 1.165) is 17.8 Å². The van der Waals surface area contributed by atoms with Crippen molar-refractivity contribution < 1.29 is 23.9 Å². The highest BCUT2D eigenvalue weighted by Crippen LogP contribution is 2.21. The molecule has 1 aromatic carbocycles. The van der Waals surface area contributed by atoms with Gasteiger partial charge in [-0.25, -0.2) is 9.78 Å². The molecule has 2 aromatic rings. The van der Waals surface area contributed by atoms with Crippen LogP contribution in [-0.2, 0) is 25.5 Å². The molecule has 3 rings (SSSR count). The van der Waals surface area contributed by atoms with E-state index < -0.39 is 24.4 Å². The summed E-state index contributed by atoms with van der Waals surface area (Å²) in [5.41, 5.74) is 6.24. The molecule has 0 aliphatic carbocycles. The molecule has 0 spiro atoms. The molecule has 2 N–H and O–H groups in total. The minimum absolute atomic E-state index is 0.0461. The second-order valence-corrected chi connectivity index (χ2v) is 7.37. The molecule has 29 heavy (non-hydrogen) atoms. The van der Waals surface area contributed by atoms with Crippen LogP contribution in [0.1, 0.15) is 33.9 Å². The molecular formula is C19H20N4O5S. The number of carbonyl (C=O) groups excluding carboxylic acids is 4. The summed E-state index contributed by atoms with van der Waals surface area (Å²) in [5, 5.41) is 2.47. The lowest BCUT2D eigenvalue weighted by Gasteiger charge is -2.15. The van der Waals surface area contributed by atoms with Crippen molar-refractivity contribution in [2.75, 3.05) is 18.1 Å². The van der Waals surface area contributed by atoms with Gasteiger partial charge in [0.15, 0.2) is 6.61 Å². The van der Waals surface area contributed by atoms with Crippen LogP contribution in [0.2, 0.25) is 0 Å². The number of nitrogens with zero attached hydrogens (tertiary/aromatic N) is 2. The maximum Gasteiger partial charge on any atom is 0.338 e. The Kier molecular flexibility index (Phi) is 6.55. The molecule has 1 aliphatic rings. The average molecular weight is 416 g/mol. The smallest absolute Gasteiger partial charge is 0.338 e. The lowest BCUT2D eigenvalue weighted by molar-refractivity contribution is -0.130. The van der Waals surface area contributed by atoms with Gasteiger partial charge in [0.25, 0.3) is 5.91 Å². The van der Waals surface area contributed by atoms with Gasteiger partial charge in [0.2, 0.25) is 11.8 Å². The fourth-order valence-electron chi connectivity index (χ4n) is 2.75. The van der Waals surface area contributed by atoms with Crippen molar-refractivity contribution in [2.45, 2.75) is 26.2 Å². The molecule has 1 fully saturated rings. The first kappa shape index (κ1) is 20.5. The predicted molar refractivity (Wildman–Crippen MR) is 105 cm³/mol. The number of nitrogens with one attached hydrogen (secondary N) is 2. The zero-order valence-electron chi connectivity index (χ0n) is 15.8. The molecular weight excluding hydrogens is 396 g/mol. The summed E-state index contributed by atoms with van der Waals surface area (Å²) in [4.78, 5) is 53.1. The van der Waals surface area contributed by atoms with Crippen LogP contribution in [0.5, 0.6) is 0 Å². The van der Waals surface area contributed by atoms with Gasteiger partial charge in [-0.1, -0.05) is 0 Å². The SMILES string of the molecule is Cc1csc(CC(=O)NNC(=O)COC(=O)c2ccc(N3CCCC3=O)cc2)n1. The Balaban J connectivity index is 1.40. The molecule has 0 radical (unpaired) electrons. The fourth-order valence-corrected chi connectivity index (χ4v) is 3.52. The van der Waals surface area contributed by atoms with Gasteiger partial charge in [-0.05, 0) is 37.6 Å². The molecule has 0 atom stereocenters. The van der Waals surface area contributed by atoms with Crippen LogP contribution in [0.15, 0.2) is 29.6 Å². The highest BCUT2D eigenvalue weighted by molar-refractivity contribution is 7.09. The summed E-state index contributed by atoms with van der Waals surface area (Å²) in [5.74, 6) is -1.71. The van der Waals surface area contributed by atoms with Crippen molar-refractivity contribution in [1.29, 1.82) is 0 Å². The standard InChI is InChI=1S/C19H20N4O5S/c1-12-11-29-17(20-12)9-15(24)21-22-16(25)10-28-19(27)13-4-6-14(7-5-13)23-8-2-3-18(23)26/h4-7,11H,2-3,8-10H2,1H3,(H,21,24)(H,22,25). The van der Waals surface area contributed by atoms with Crippen molar-refractivity contribution in [2.24, 2.45) is 0 Å². The number of carbonyl (C=O) groups is 4. The number of aromatic nitrogens is 1. The number of anilines is 1. The van der Waals surface area contributed by atoms with E-state index in [2.05, 4.69) is 15.8 Å². The average Bonchev–Trinajstić information content (AvgIpc) is 3.32. The monoisotopic (exact) mass is 416 g/mol. The Hall–Kier alpha value is -3.27. The van der Waals surface area contributed by atoms with E-state index in [0.29, 0.717) is 18.0 Å². The van der Waals surface area contributed by atoms with Crippen molar-refractivity contribution >= 4 is 40.7 Å². The molecule has 0 saturated carbocycles. The number of ether oxygens (including phenoxy) is 1. The van der Waals surface area contributed by atoms with Crippen LogP contribution in [-0.4, -0.2) is 41.8 Å². The van der Waals surface area contributed by atoms with E-state index in [1.54, 1.807) is 29.2 Å². The Morgan fingerprint density at radius 3 is 2.52 bits per heavy atom. The van der Waals surface area contributed by atoms with Crippen LogP contribution in [0, 0.1) is 6.92 Å². The van der Waals surface area contributed by atoms with Gasteiger partial charge in [0, 0.05) is 29.7 Å². The van der Waals surface area contributed by atoms with E-state index in [9.17, 15) is 19.2 Å². The number of hydrogen-bond donors (Lipinski definition) is 2. The molecule has 1 aliphatic heterocycles. The highest BCUT2D eigenvalue weighted by Gasteiger charge is 2.22. The van der Waals surface area contributed by atoms with Crippen LogP contribution in [0.25, 0.3) is 0 Å². The molecule has 152 valence electrons. The number of hydrogen-bond acceptors (Lipinski definition) is 7. The van der Waals surface area contributed by atoms with E-state index in [4.69, 9.17) is 4.74 Å². The third-order valence-corrected chi connectivity index (χ3v) is 5.11. The molecule has 1 saturated heterocycles. The molecule has 1 aromatic heterocycles. The summed E-state index contributed by atoms with van der Waals surface area (Å²) < 4.78 is 4.94. The van der Waals surface area contributed by atoms with Crippen molar-refractivity contribution in [3.8, 4) is 0 Å². The third-order valence-electron chi connectivity index (χ3n) is 4.14. The second-order valence-electron chi connectivity index (χ2n) is 6.43. The van der Waals surface area contributed by atoms with Gasteiger partial charge >= 0.3 is 5.97 Å².